The zero-order valence-electron chi connectivity index (χ0n) is 9.11. The normalized spacial score (nSPS) is 20.6. The van der Waals surface area contributed by atoms with Crippen LogP contribution in [-0.4, -0.2) is 24.2 Å². The minimum atomic E-state index is 0.0480. The Hall–Kier alpha value is -1.06. The van der Waals surface area contributed by atoms with Crippen LogP contribution in [0.3, 0.4) is 0 Å². The fourth-order valence-corrected chi connectivity index (χ4v) is 2.31. The lowest BCUT2D eigenvalue weighted by Crippen LogP contribution is -2.24. The third-order valence-corrected chi connectivity index (χ3v) is 3.02. The van der Waals surface area contributed by atoms with Crippen molar-refractivity contribution in [2.24, 2.45) is 5.92 Å². The van der Waals surface area contributed by atoms with E-state index >= 15 is 0 Å². The minimum absolute atomic E-state index is 0.0480. The van der Waals surface area contributed by atoms with E-state index in [1.54, 1.807) is 11.0 Å². The van der Waals surface area contributed by atoms with Gasteiger partial charge in [0.05, 0.1) is 0 Å². The van der Waals surface area contributed by atoms with Gasteiger partial charge in [-0.15, -0.1) is 0 Å². The highest BCUT2D eigenvalue weighted by atomic mass is 35.5. The highest BCUT2D eigenvalue weighted by Crippen LogP contribution is 2.28. The van der Waals surface area contributed by atoms with E-state index in [0.717, 1.165) is 11.3 Å². The molecule has 1 saturated heterocycles. The predicted molar refractivity (Wildman–Crippen MR) is 63.7 cm³/mol. The molecule has 1 amide bonds. The Morgan fingerprint density at radius 1 is 1.50 bits per heavy atom. The van der Waals surface area contributed by atoms with Gasteiger partial charge in [-0.3, -0.25) is 4.79 Å². The second kappa shape index (κ2) is 4.44. The first-order chi connectivity index (χ1) is 7.60. The number of aliphatic hydroxyl groups is 1. The van der Waals surface area contributed by atoms with Crippen LogP contribution in [0.1, 0.15) is 12.0 Å². The zero-order valence-corrected chi connectivity index (χ0v) is 9.87. The van der Waals surface area contributed by atoms with Gasteiger partial charge in [0.1, 0.15) is 0 Å². The average Bonchev–Trinajstić information content (AvgIpc) is 2.58. The van der Waals surface area contributed by atoms with Gasteiger partial charge in [-0.05, 0) is 30.7 Å². The summed E-state index contributed by atoms with van der Waals surface area (Å²) in [5, 5.41) is 9.69. The SMILES string of the molecule is Cc1cc(Cl)cc(N2CC(CO)CC2=O)c1. The van der Waals surface area contributed by atoms with Gasteiger partial charge in [-0.1, -0.05) is 11.6 Å². The first kappa shape index (κ1) is 11.4. The topological polar surface area (TPSA) is 40.5 Å². The Balaban J connectivity index is 2.27. The molecule has 1 fully saturated rings. The molecule has 2 rings (SSSR count). The van der Waals surface area contributed by atoms with E-state index in [1.807, 2.05) is 19.1 Å². The van der Waals surface area contributed by atoms with Gasteiger partial charge in [0.25, 0.3) is 0 Å². The number of halogens is 1. The van der Waals surface area contributed by atoms with Crippen molar-refractivity contribution in [3.05, 3.63) is 28.8 Å². The molecule has 1 aromatic carbocycles. The quantitative estimate of drug-likeness (QED) is 0.858. The summed E-state index contributed by atoms with van der Waals surface area (Å²) < 4.78 is 0. The summed E-state index contributed by atoms with van der Waals surface area (Å²) in [6.45, 7) is 2.58. The minimum Gasteiger partial charge on any atom is -0.396 e. The molecule has 1 unspecified atom stereocenters. The first-order valence-corrected chi connectivity index (χ1v) is 5.66. The number of aliphatic hydroxyl groups excluding tert-OH is 1. The van der Waals surface area contributed by atoms with Crippen LogP contribution >= 0.6 is 11.6 Å². The van der Waals surface area contributed by atoms with E-state index in [0.29, 0.717) is 18.0 Å². The standard InChI is InChI=1S/C12H14ClNO2/c1-8-2-10(13)5-11(3-8)14-6-9(7-15)4-12(14)16/h2-3,5,9,15H,4,6-7H2,1H3. The number of carbonyl (C=O) groups excluding carboxylic acids is 1. The van der Waals surface area contributed by atoms with Crippen molar-refractivity contribution in [3.63, 3.8) is 0 Å². The average molecular weight is 240 g/mol. The van der Waals surface area contributed by atoms with E-state index < -0.39 is 0 Å². The summed E-state index contributed by atoms with van der Waals surface area (Å²) in [6, 6.07) is 5.57. The van der Waals surface area contributed by atoms with Gasteiger partial charge in [-0.25, -0.2) is 0 Å². The molecule has 1 N–H and O–H groups in total. The number of benzene rings is 1. The molecule has 0 bridgehead atoms. The molecule has 0 radical (unpaired) electrons. The lowest BCUT2D eigenvalue weighted by molar-refractivity contribution is -0.117. The van der Waals surface area contributed by atoms with E-state index in [2.05, 4.69) is 0 Å². The van der Waals surface area contributed by atoms with Crippen LogP contribution < -0.4 is 4.90 Å². The third kappa shape index (κ3) is 2.20. The molecule has 1 atom stereocenters. The Bertz CT molecular complexity index is 399. The molecule has 0 spiro atoms. The van der Waals surface area contributed by atoms with E-state index in [9.17, 15) is 4.79 Å². The molecular formula is C12H14ClNO2. The van der Waals surface area contributed by atoms with Crippen LogP contribution in [0.5, 0.6) is 0 Å². The van der Waals surface area contributed by atoms with Crippen LogP contribution in [0, 0.1) is 12.8 Å². The Morgan fingerprint density at radius 3 is 2.81 bits per heavy atom. The van der Waals surface area contributed by atoms with Gasteiger partial charge >= 0.3 is 0 Å². The predicted octanol–water partition coefficient (Wildman–Crippen LogP) is 1.99. The molecule has 1 aromatic rings. The van der Waals surface area contributed by atoms with Gasteiger partial charge in [0.15, 0.2) is 0 Å². The highest BCUT2D eigenvalue weighted by molar-refractivity contribution is 6.31. The van der Waals surface area contributed by atoms with Crippen LogP contribution in [0.4, 0.5) is 5.69 Å². The maximum atomic E-state index is 11.7. The molecule has 4 heteroatoms. The number of hydrogen-bond donors (Lipinski definition) is 1. The van der Waals surface area contributed by atoms with Crippen LogP contribution in [0.2, 0.25) is 5.02 Å². The number of rotatable bonds is 2. The molecule has 0 saturated carbocycles. The maximum absolute atomic E-state index is 11.7. The Labute approximate surface area is 99.6 Å². The number of aryl methyl sites for hydroxylation is 1. The van der Waals surface area contributed by atoms with Crippen LogP contribution in [-0.2, 0) is 4.79 Å². The lowest BCUT2D eigenvalue weighted by Gasteiger charge is -2.17. The fourth-order valence-electron chi connectivity index (χ4n) is 2.03. The van der Waals surface area contributed by atoms with Crippen molar-refractivity contribution in [2.75, 3.05) is 18.1 Å². The molecule has 1 heterocycles. The maximum Gasteiger partial charge on any atom is 0.227 e. The number of nitrogens with zero attached hydrogens (tertiary/aromatic N) is 1. The summed E-state index contributed by atoms with van der Waals surface area (Å²) >= 11 is 5.96. The lowest BCUT2D eigenvalue weighted by atomic mass is 10.1. The van der Waals surface area contributed by atoms with Gasteiger partial charge in [0, 0.05) is 36.2 Å². The number of carbonyl (C=O) groups is 1. The summed E-state index contributed by atoms with van der Waals surface area (Å²) in [5.74, 6) is 0.104. The van der Waals surface area contributed by atoms with E-state index in [-0.39, 0.29) is 18.4 Å². The second-order valence-electron chi connectivity index (χ2n) is 4.24. The molecule has 0 aliphatic carbocycles. The largest absolute Gasteiger partial charge is 0.396 e. The zero-order chi connectivity index (χ0) is 11.7. The molecule has 1 aliphatic rings. The fraction of sp³-hybridized carbons (Fsp3) is 0.417. The van der Waals surface area contributed by atoms with Crippen molar-refractivity contribution in [1.82, 2.24) is 0 Å². The Kier molecular flexibility index (Phi) is 3.17. The second-order valence-corrected chi connectivity index (χ2v) is 4.68. The summed E-state index contributed by atoms with van der Waals surface area (Å²) in [5.41, 5.74) is 1.86. The van der Waals surface area contributed by atoms with E-state index in [1.165, 1.54) is 0 Å². The molecule has 0 aromatic heterocycles. The summed E-state index contributed by atoms with van der Waals surface area (Å²) in [7, 11) is 0. The number of anilines is 1. The van der Waals surface area contributed by atoms with Crippen molar-refractivity contribution in [3.8, 4) is 0 Å². The van der Waals surface area contributed by atoms with Crippen molar-refractivity contribution >= 4 is 23.2 Å². The number of amides is 1. The number of hydrogen-bond acceptors (Lipinski definition) is 2. The van der Waals surface area contributed by atoms with Crippen molar-refractivity contribution in [2.45, 2.75) is 13.3 Å². The van der Waals surface area contributed by atoms with E-state index in [4.69, 9.17) is 16.7 Å². The van der Waals surface area contributed by atoms with Crippen molar-refractivity contribution < 1.29 is 9.90 Å². The van der Waals surface area contributed by atoms with Gasteiger partial charge in [-0.2, -0.15) is 0 Å². The molecule has 1 aliphatic heterocycles. The summed E-state index contributed by atoms with van der Waals surface area (Å²) in [4.78, 5) is 13.4. The monoisotopic (exact) mass is 239 g/mol. The third-order valence-electron chi connectivity index (χ3n) is 2.80. The first-order valence-electron chi connectivity index (χ1n) is 5.28. The molecule has 3 nitrogen and oxygen atoms in total. The summed E-state index contributed by atoms with van der Waals surface area (Å²) in [6.07, 6.45) is 0.419. The molecule has 16 heavy (non-hydrogen) atoms. The van der Waals surface area contributed by atoms with Crippen LogP contribution in [0.25, 0.3) is 0 Å². The highest BCUT2D eigenvalue weighted by Gasteiger charge is 2.30. The van der Waals surface area contributed by atoms with Gasteiger partial charge < -0.3 is 10.0 Å². The molecule has 86 valence electrons. The van der Waals surface area contributed by atoms with Crippen LogP contribution in [0.15, 0.2) is 18.2 Å². The molecular weight excluding hydrogens is 226 g/mol. The van der Waals surface area contributed by atoms with Gasteiger partial charge in [0.2, 0.25) is 5.91 Å². The smallest absolute Gasteiger partial charge is 0.227 e. The van der Waals surface area contributed by atoms with Crippen molar-refractivity contribution in [1.29, 1.82) is 0 Å². The Morgan fingerprint density at radius 2 is 2.25 bits per heavy atom.